The molecule has 2 aromatic carbocycles. The fraction of sp³-hybridized carbons (Fsp3) is 0.364. The third kappa shape index (κ3) is 6.99. The Labute approximate surface area is 283 Å². The van der Waals surface area contributed by atoms with Gasteiger partial charge in [-0.3, -0.25) is 19.0 Å². The highest BCUT2D eigenvalue weighted by Gasteiger charge is 2.36. The molecule has 12 nitrogen and oxygen atoms in total. The maximum absolute atomic E-state index is 15.8. The van der Waals surface area contributed by atoms with E-state index in [1.165, 1.54) is 29.7 Å². The molecule has 2 aromatic heterocycles. The highest BCUT2D eigenvalue weighted by atomic mass is 35.5. The van der Waals surface area contributed by atoms with Crippen LogP contribution in [0.15, 0.2) is 47.3 Å². The molecule has 4 aromatic rings. The molecule has 1 fully saturated rings. The third-order valence-electron chi connectivity index (χ3n) is 8.38. The molecular weight excluding hydrogens is 661 g/mol. The predicted octanol–water partition coefficient (Wildman–Crippen LogP) is 4.41. The largest absolute Gasteiger partial charge is 0.377 e. The highest BCUT2D eigenvalue weighted by molar-refractivity contribution is 7.89. The summed E-state index contributed by atoms with van der Waals surface area (Å²) in [6.07, 6.45) is 0.852. The number of aryl methyl sites for hydroxylation is 1. The van der Waals surface area contributed by atoms with Gasteiger partial charge in [0.25, 0.3) is 11.5 Å². The molecule has 0 bridgehead atoms. The SMILES string of the molecule is CC(=O)N1CCN(c2ccc(-c3nc4c([C@@H](C)Nc5ccc(Cl)nc5C(=O)NS(C)(=O)=O)cc(C)cc4c(=O)n3C)cc2F)CC1(C)C. The number of piperazine rings is 1. The van der Waals surface area contributed by atoms with E-state index in [1.54, 1.807) is 37.1 Å². The van der Waals surface area contributed by atoms with Crippen molar-refractivity contribution in [2.24, 2.45) is 7.05 Å². The van der Waals surface area contributed by atoms with Crippen LogP contribution in [0.2, 0.25) is 5.15 Å². The number of aromatic nitrogens is 3. The second kappa shape index (κ2) is 12.8. The van der Waals surface area contributed by atoms with E-state index in [9.17, 15) is 22.8 Å². The number of pyridine rings is 1. The van der Waals surface area contributed by atoms with Gasteiger partial charge in [-0.05, 0) is 69.7 Å². The number of anilines is 2. The lowest BCUT2D eigenvalue weighted by Crippen LogP contribution is -2.60. The fourth-order valence-electron chi connectivity index (χ4n) is 6.24. The van der Waals surface area contributed by atoms with Crippen LogP contribution in [-0.2, 0) is 21.9 Å². The van der Waals surface area contributed by atoms with Crippen molar-refractivity contribution in [1.82, 2.24) is 24.2 Å². The minimum absolute atomic E-state index is 0.0112. The van der Waals surface area contributed by atoms with Gasteiger partial charge in [-0.1, -0.05) is 17.7 Å². The summed E-state index contributed by atoms with van der Waals surface area (Å²) < 4.78 is 42.5. The van der Waals surface area contributed by atoms with Gasteiger partial charge in [0.1, 0.15) is 16.8 Å². The predicted molar refractivity (Wildman–Crippen MR) is 184 cm³/mol. The molecule has 2 amide bonds. The molecule has 1 atom stereocenters. The fourth-order valence-corrected chi connectivity index (χ4v) is 6.82. The Kier molecular flexibility index (Phi) is 9.28. The summed E-state index contributed by atoms with van der Waals surface area (Å²) >= 11 is 6.03. The molecule has 0 aliphatic carbocycles. The van der Waals surface area contributed by atoms with E-state index in [1.807, 2.05) is 36.5 Å². The second-order valence-corrected chi connectivity index (χ2v) is 14.9. The van der Waals surface area contributed by atoms with Crippen LogP contribution in [0.1, 0.15) is 55.4 Å². The number of hydrogen-bond donors (Lipinski definition) is 2. The number of halogens is 2. The first-order chi connectivity index (χ1) is 22.4. The summed E-state index contributed by atoms with van der Waals surface area (Å²) in [7, 11) is -2.30. The number of benzene rings is 2. The molecule has 15 heteroatoms. The summed E-state index contributed by atoms with van der Waals surface area (Å²) in [4.78, 5) is 51.2. The van der Waals surface area contributed by atoms with Gasteiger partial charge in [0.15, 0.2) is 5.69 Å². The van der Waals surface area contributed by atoms with Crippen molar-refractivity contribution in [3.63, 3.8) is 0 Å². The average Bonchev–Trinajstić information content (AvgIpc) is 2.98. The van der Waals surface area contributed by atoms with E-state index in [0.717, 1.165) is 11.8 Å². The lowest BCUT2D eigenvalue weighted by molar-refractivity contribution is -0.134. The zero-order chi connectivity index (χ0) is 35.3. The second-order valence-electron chi connectivity index (χ2n) is 12.7. The maximum Gasteiger partial charge on any atom is 0.285 e. The molecular formula is C33H37ClFN7O5S. The van der Waals surface area contributed by atoms with Crippen molar-refractivity contribution in [2.45, 2.75) is 46.2 Å². The maximum atomic E-state index is 15.8. The number of hydrogen-bond acceptors (Lipinski definition) is 9. The van der Waals surface area contributed by atoms with Gasteiger partial charge >= 0.3 is 0 Å². The summed E-state index contributed by atoms with van der Waals surface area (Å²) in [6, 6.07) is 10.7. The summed E-state index contributed by atoms with van der Waals surface area (Å²) in [6.45, 7) is 10.4. The highest BCUT2D eigenvalue weighted by Crippen LogP contribution is 2.32. The van der Waals surface area contributed by atoms with Crippen LogP contribution in [0.25, 0.3) is 22.3 Å². The van der Waals surface area contributed by atoms with E-state index in [4.69, 9.17) is 16.6 Å². The Morgan fingerprint density at radius 3 is 2.42 bits per heavy atom. The van der Waals surface area contributed by atoms with Crippen molar-refractivity contribution in [3.8, 4) is 11.4 Å². The minimum atomic E-state index is -3.88. The van der Waals surface area contributed by atoms with Crippen LogP contribution >= 0.6 is 11.6 Å². The number of amides is 2. The first kappa shape index (κ1) is 34.8. The summed E-state index contributed by atoms with van der Waals surface area (Å²) in [5.41, 5.74) is 1.70. The van der Waals surface area contributed by atoms with Crippen LogP contribution in [-0.4, -0.2) is 71.1 Å². The van der Waals surface area contributed by atoms with Crippen molar-refractivity contribution >= 4 is 55.7 Å². The molecule has 0 radical (unpaired) electrons. The number of carbonyl (C=O) groups excluding carboxylic acids is 2. The van der Waals surface area contributed by atoms with Gasteiger partial charge in [-0.15, -0.1) is 0 Å². The number of sulfonamides is 1. The molecule has 5 rings (SSSR count). The zero-order valence-electron chi connectivity index (χ0n) is 27.7. The van der Waals surface area contributed by atoms with Gasteiger partial charge in [0, 0.05) is 44.7 Å². The van der Waals surface area contributed by atoms with Crippen LogP contribution < -0.4 is 20.5 Å². The van der Waals surface area contributed by atoms with Crippen LogP contribution in [0.5, 0.6) is 0 Å². The van der Waals surface area contributed by atoms with Gasteiger partial charge < -0.3 is 15.1 Å². The molecule has 2 N–H and O–H groups in total. The van der Waals surface area contributed by atoms with E-state index in [2.05, 4.69) is 10.3 Å². The molecule has 1 aliphatic heterocycles. The lowest BCUT2D eigenvalue weighted by atomic mass is 9.98. The first-order valence-corrected chi connectivity index (χ1v) is 17.4. The third-order valence-corrected chi connectivity index (χ3v) is 9.14. The monoisotopic (exact) mass is 697 g/mol. The number of nitrogens with one attached hydrogen (secondary N) is 2. The molecule has 1 aliphatic rings. The van der Waals surface area contributed by atoms with E-state index < -0.39 is 33.3 Å². The molecule has 0 unspecified atom stereocenters. The first-order valence-electron chi connectivity index (χ1n) is 15.2. The molecule has 254 valence electrons. The Balaban J connectivity index is 1.54. The summed E-state index contributed by atoms with van der Waals surface area (Å²) in [5, 5.41) is 3.52. The van der Waals surface area contributed by atoms with Crippen molar-refractivity contribution in [3.05, 3.63) is 80.6 Å². The number of nitrogens with zero attached hydrogens (tertiary/aromatic N) is 5. The zero-order valence-corrected chi connectivity index (χ0v) is 29.3. The standard InChI is InChI=1S/C33H37ClFN7O5S/c1-18-14-22(19(2)36-25-9-11-27(34)37-29(25)31(44)39-48(7,46)47)28-23(15-18)32(45)40(6)30(38-28)21-8-10-26(24(35)16-21)41-12-13-42(20(3)43)33(4,5)17-41/h8-11,14-16,19,36H,12-13,17H2,1-7H3,(H,39,44)/t19-/m1/s1. The van der Waals surface area contributed by atoms with Gasteiger partial charge in [0.05, 0.1) is 40.1 Å². The Morgan fingerprint density at radius 2 is 1.79 bits per heavy atom. The van der Waals surface area contributed by atoms with Gasteiger partial charge in [-0.2, -0.15) is 0 Å². The van der Waals surface area contributed by atoms with E-state index in [-0.39, 0.29) is 33.8 Å². The number of rotatable bonds is 7. The van der Waals surface area contributed by atoms with Gasteiger partial charge in [0.2, 0.25) is 15.9 Å². The molecule has 0 spiro atoms. The molecule has 48 heavy (non-hydrogen) atoms. The minimum Gasteiger partial charge on any atom is -0.377 e. The van der Waals surface area contributed by atoms with Crippen LogP contribution in [0.4, 0.5) is 15.8 Å². The Bertz CT molecular complexity index is 2140. The average molecular weight is 698 g/mol. The lowest BCUT2D eigenvalue weighted by Gasteiger charge is -2.47. The van der Waals surface area contributed by atoms with Crippen LogP contribution in [0, 0.1) is 12.7 Å². The quantitative estimate of drug-likeness (QED) is 0.268. The van der Waals surface area contributed by atoms with E-state index >= 15 is 4.39 Å². The van der Waals surface area contributed by atoms with Gasteiger partial charge in [-0.25, -0.2) is 27.5 Å². The topological polar surface area (TPSA) is 147 Å². The molecule has 0 saturated carbocycles. The van der Waals surface area contributed by atoms with Crippen molar-refractivity contribution in [1.29, 1.82) is 0 Å². The normalized spacial score (nSPS) is 15.4. The van der Waals surface area contributed by atoms with E-state index in [0.29, 0.717) is 47.4 Å². The van der Waals surface area contributed by atoms with Crippen molar-refractivity contribution in [2.75, 3.05) is 36.1 Å². The van der Waals surface area contributed by atoms with Crippen molar-refractivity contribution < 1.29 is 22.4 Å². The smallest absolute Gasteiger partial charge is 0.285 e. The number of carbonyl (C=O) groups is 2. The van der Waals surface area contributed by atoms with Crippen LogP contribution in [0.3, 0.4) is 0 Å². The summed E-state index contributed by atoms with van der Waals surface area (Å²) in [5.74, 6) is -1.23. The molecule has 3 heterocycles. The molecule has 1 saturated heterocycles. The Hall–Kier alpha value is -4.56. The Morgan fingerprint density at radius 1 is 1.08 bits per heavy atom. The number of fused-ring (bicyclic) bond motifs is 1.